The number of aromatic nitrogens is 5. The van der Waals surface area contributed by atoms with Crippen molar-refractivity contribution >= 4 is 61.9 Å². The van der Waals surface area contributed by atoms with Crippen LogP contribution in [0.3, 0.4) is 0 Å². The Morgan fingerprint density at radius 3 is 2.72 bits per heavy atom. The molecule has 4 heterocycles. The van der Waals surface area contributed by atoms with E-state index in [9.17, 15) is 5.11 Å². The van der Waals surface area contributed by atoms with Gasteiger partial charge in [0.1, 0.15) is 16.9 Å². The third kappa shape index (κ3) is 4.32. The van der Waals surface area contributed by atoms with E-state index in [-0.39, 0.29) is 25.9 Å². The number of hydrogen-bond acceptors (Lipinski definition) is 4. The van der Waals surface area contributed by atoms with Crippen LogP contribution in [0.5, 0.6) is 0 Å². The molecule has 128 valence electrons. The molecule has 0 saturated heterocycles. The number of aliphatic hydroxyl groups excluding tert-OH is 1. The first-order chi connectivity index (χ1) is 11.6. The summed E-state index contributed by atoms with van der Waals surface area (Å²) in [5, 5.41) is 16.2. The predicted octanol–water partition coefficient (Wildman–Crippen LogP) is 3.36. The van der Waals surface area contributed by atoms with Gasteiger partial charge in [-0.25, -0.2) is 14.5 Å². The van der Waals surface area contributed by atoms with Gasteiger partial charge < -0.3 is 12.4 Å². The molecule has 0 aliphatic heterocycles. The molecule has 4 aromatic heterocycles. The second-order valence-electron chi connectivity index (χ2n) is 4.93. The first kappa shape index (κ1) is 20.1. The summed E-state index contributed by atoms with van der Waals surface area (Å²) in [7, 11) is 0. The second kappa shape index (κ2) is 8.95. The van der Waals surface area contributed by atoms with Crippen LogP contribution < -0.4 is 0 Å². The van der Waals surface area contributed by atoms with Crippen molar-refractivity contribution in [3.63, 3.8) is 0 Å². The minimum atomic E-state index is -0.849. The van der Waals surface area contributed by atoms with Crippen molar-refractivity contribution in [1.29, 1.82) is 0 Å². The molecule has 4 aromatic rings. The zero-order valence-corrected chi connectivity index (χ0v) is 17.3. The summed E-state index contributed by atoms with van der Waals surface area (Å²) < 4.78 is 3.40. The number of aliphatic hydroxyl groups is 1. The van der Waals surface area contributed by atoms with Crippen molar-refractivity contribution in [3.05, 3.63) is 65.5 Å². The van der Waals surface area contributed by atoms with Gasteiger partial charge in [0.15, 0.2) is 5.65 Å². The summed E-state index contributed by atoms with van der Waals surface area (Å²) in [6, 6.07) is 7.10. The molecule has 0 amide bonds. The fourth-order valence-corrected chi connectivity index (χ4v) is 2.46. The minimum absolute atomic E-state index is 0. The molecule has 0 aliphatic carbocycles. The first-order valence-corrected chi connectivity index (χ1v) is 8.80. The Kier molecular flexibility index (Phi) is 7.21. The Balaban J connectivity index is 0.00000106. The van der Waals surface area contributed by atoms with Gasteiger partial charge in [0, 0.05) is 29.5 Å². The van der Waals surface area contributed by atoms with Crippen LogP contribution >= 0.6 is 27.5 Å². The molecule has 0 saturated carbocycles. The Hall–Kier alpha value is -1.19. The molecule has 1 N–H and O–H groups in total. The van der Waals surface area contributed by atoms with Gasteiger partial charge in [-0.3, -0.25) is 0 Å². The summed E-state index contributed by atoms with van der Waals surface area (Å²) in [5.74, 6) is 0. The molecule has 0 bridgehead atoms. The number of rotatable bonds is 2. The average molecular weight is 435 g/mol. The summed E-state index contributed by atoms with van der Waals surface area (Å²) in [5.41, 5.74) is 2.75. The van der Waals surface area contributed by atoms with Crippen LogP contribution in [-0.2, 0) is 0 Å². The van der Waals surface area contributed by atoms with Crippen LogP contribution in [0.25, 0.3) is 11.3 Å². The summed E-state index contributed by atoms with van der Waals surface area (Å²) in [6.07, 6.45) is 6.12. The van der Waals surface area contributed by atoms with Crippen molar-refractivity contribution in [2.24, 2.45) is 0 Å². The van der Waals surface area contributed by atoms with Crippen molar-refractivity contribution in [3.8, 4) is 0 Å². The number of alkyl halides is 1. The van der Waals surface area contributed by atoms with Gasteiger partial charge in [-0.15, -0.1) is 0 Å². The maximum Gasteiger partial charge on any atom is 2.00 e. The van der Waals surface area contributed by atoms with Gasteiger partial charge in [0.25, 0.3) is 0 Å². The van der Waals surface area contributed by atoms with E-state index < -0.39 is 6.10 Å². The molecule has 0 radical (unpaired) electrons. The molecule has 0 spiro atoms. The van der Waals surface area contributed by atoms with Gasteiger partial charge in [-0.05, 0) is 18.2 Å². The van der Waals surface area contributed by atoms with E-state index in [1.807, 2.05) is 35.9 Å². The SMILES string of the molecule is CCBr.OC(c1ccc2nccn2c1)c1cnc2ccc(Cl)nn12.[H-].[H-].[Mg+2]. The average Bonchev–Trinajstić information content (AvgIpc) is 3.20. The smallest absolute Gasteiger partial charge is 1.00 e. The zero-order chi connectivity index (χ0) is 17.1. The number of pyridine rings is 1. The Bertz CT molecular complexity index is 984. The zero-order valence-electron chi connectivity index (χ0n) is 15.5. The molecular formula is C16H17BrClMgN5O. The number of hydrogen-bond donors (Lipinski definition) is 1. The number of nitrogens with zero attached hydrogens (tertiary/aromatic N) is 5. The Morgan fingerprint density at radius 1 is 1.24 bits per heavy atom. The standard InChI is InChI=1S/C14H10ClN5O.C2H5Br.Mg.2H/c15-11-2-4-13-17-7-10(20(13)18-11)14(21)9-1-3-12-16-5-6-19(12)8-9;1-2-3;;;/h1-8,14,21H;2H2,1H3;;;/q;;+2;2*-1. The normalized spacial score (nSPS) is 11.7. The number of fused-ring (bicyclic) bond motifs is 2. The van der Waals surface area contributed by atoms with Crippen molar-refractivity contribution in [2.75, 3.05) is 5.33 Å². The number of halogens is 2. The van der Waals surface area contributed by atoms with Crippen LogP contribution in [0.1, 0.15) is 27.1 Å². The number of imidazole rings is 2. The van der Waals surface area contributed by atoms with Crippen molar-refractivity contribution in [2.45, 2.75) is 13.0 Å². The quantitative estimate of drug-likeness (QED) is 0.388. The van der Waals surface area contributed by atoms with E-state index in [2.05, 4.69) is 31.0 Å². The molecular weight excluding hydrogens is 418 g/mol. The fourth-order valence-electron chi connectivity index (χ4n) is 2.32. The molecule has 0 aromatic carbocycles. The summed E-state index contributed by atoms with van der Waals surface area (Å²) >= 11 is 9.05. The molecule has 0 fully saturated rings. The van der Waals surface area contributed by atoms with E-state index >= 15 is 0 Å². The van der Waals surface area contributed by atoms with Gasteiger partial charge in [-0.1, -0.05) is 40.5 Å². The Labute approximate surface area is 177 Å². The van der Waals surface area contributed by atoms with Crippen LogP contribution in [0.15, 0.2) is 49.1 Å². The van der Waals surface area contributed by atoms with Crippen molar-refractivity contribution < 1.29 is 7.96 Å². The first-order valence-electron chi connectivity index (χ1n) is 7.31. The van der Waals surface area contributed by atoms with Crippen molar-refractivity contribution in [1.82, 2.24) is 24.0 Å². The third-order valence-corrected chi connectivity index (χ3v) is 3.57. The molecule has 25 heavy (non-hydrogen) atoms. The maximum atomic E-state index is 10.6. The fraction of sp³-hybridized carbons (Fsp3) is 0.188. The van der Waals surface area contributed by atoms with Gasteiger partial charge >= 0.3 is 23.1 Å². The van der Waals surface area contributed by atoms with Crippen LogP contribution in [0.4, 0.5) is 0 Å². The molecule has 1 unspecified atom stereocenters. The summed E-state index contributed by atoms with van der Waals surface area (Å²) in [6.45, 7) is 2.04. The third-order valence-electron chi connectivity index (χ3n) is 3.36. The van der Waals surface area contributed by atoms with E-state index in [1.165, 1.54) is 0 Å². The summed E-state index contributed by atoms with van der Waals surface area (Å²) in [4.78, 5) is 8.40. The molecule has 0 aliphatic rings. The molecule has 4 rings (SSSR count). The van der Waals surface area contributed by atoms with E-state index in [4.69, 9.17) is 11.6 Å². The van der Waals surface area contributed by atoms with E-state index in [0.717, 1.165) is 16.5 Å². The Morgan fingerprint density at radius 2 is 1.96 bits per heavy atom. The second-order valence-corrected chi connectivity index (χ2v) is 6.44. The van der Waals surface area contributed by atoms with Crippen LogP contribution in [0.2, 0.25) is 5.15 Å². The predicted molar refractivity (Wildman–Crippen MR) is 105 cm³/mol. The largest absolute Gasteiger partial charge is 2.00 e. The maximum absolute atomic E-state index is 10.6. The van der Waals surface area contributed by atoms with E-state index in [0.29, 0.717) is 16.5 Å². The van der Waals surface area contributed by atoms with Gasteiger partial charge in [0.2, 0.25) is 0 Å². The molecule has 1 atom stereocenters. The molecule has 6 nitrogen and oxygen atoms in total. The minimum Gasteiger partial charge on any atom is -1.00 e. The van der Waals surface area contributed by atoms with Gasteiger partial charge in [0.05, 0.1) is 11.9 Å². The van der Waals surface area contributed by atoms with Crippen LogP contribution in [-0.4, -0.2) is 57.5 Å². The monoisotopic (exact) mass is 433 g/mol. The molecule has 9 heteroatoms. The van der Waals surface area contributed by atoms with E-state index in [1.54, 1.807) is 29.0 Å². The van der Waals surface area contributed by atoms with Gasteiger partial charge in [-0.2, -0.15) is 5.10 Å². The topological polar surface area (TPSA) is 67.7 Å². The van der Waals surface area contributed by atoms with Crippen LogP contribution in [0, 0.1) is 0 Å².